The SMILES string of the molecule is c1cc(-c2cc3ccccc3[nH]2)cc(N2CCC(NC3C[C@H]4CCC[C@@H](C3)N4)CC2)c1. The number of aromatic nitrogens is 1. The molecule has 3 fully saturated rings. The van der Waals surface area contributed by atoms with E-state index >= 15 is 0 Å². The molecule has 3 atom stereocenters. The average molecular weight is 415 g/mol. The minimum absolute atomic E-state index is 0.678. The molecule has 3 aliphatic rings. The Morgan fingerprint density at radius 2 is 1.61 bits per heavy atom. The number of nitrogens with zero attached hydrogens (tertiary/aromatic N) is 1. The molecule has 0 saturated carbocycles. The van der Waals surface area contributed by atoms with E-state index in [0.717, 1.165) is 31.2 Å². The van der Waals surface area contributed by atoms with Gasteiger partial charge >= 0.3 is 0 Å². The summed E-state index contributed by atoms with van der Waals surface area (Å²) in [6, 6.07) is 22.7. The molecule has 4 nitrogen and oxygen atoms in total. The molecule has 1 aromatic heterocycles. The normalized spacial score (nSPS) is 27.0. The van der Waals surface area contributed by atoms with Gasteiger partial charge < -0.3 is 20.5 Å². The van der Waals surface area contributed by atoms with Crippen LogP contribution in [-0.2, 0) is 0 Å². The van der Waals surface area contributed by atoms with Crippen molar-refractivity contribution in [3.63, 3.8) is 0 Å². The lowest BCUT2D eigenvalue weighted by Gasteiger charge is -2.43. The van der Waals surface area contributed by atoms with Crippen LogP contribution >= 0.6 is 0 Å². The number of aromatic amines is 1. The van der Waals surface area contributed by atoms with E-state index in [-0.39, 0.29) is 0 Å². The third-order valence-electron chi connectivity index (χ3n) is 7.73. The topological polar surface area (TPSA) is 43.1 Å². The molecule has 162 valence electrons. The summed E-state index contributed by atoms with van der Waals surface area (Å²) < 4.78 is 0. The molecule has 0 radical (unpaired) electrons. The van der Waals surface area contributed by atoms with E-state index in [1.807, 2.05) is 0 Å². The van der Waals surface area contributed by atoms with Crippen molar-refractivity contribution in [1.82, 2.24) is 15.6 Å². The van der Waals surface area contributed by atoms with Gasteiger partial charge in [0.25, 0.3) is 0 Å². The summed E-state index contributed by atoms with van der Waals surface area (Å²) in [5.41, 5.74) is 5.04. The molecule has 3 aromatic rings. The summed E-state index contributed by atoms with van der Waals surface area (Å²) in [5, 5.41) is 9.14. The number of piperidine rings is 3. The van der Waals surface area contributed by atoms with Gasteiger partial charge in [0.2, 0.25) is 0 Å². The number of para-hydroxylation sites is 1. The molecule has 3 N–H and O–H groups in total. The van der Waals surface area contributed by atoms with Gasteiger partial charge in [-0.1, -0.05) is 36.8 Å². The first kappa shape index (κ1) is 19.4. The van der Waals surface area contributed by atoms with Crippen molar-refractivity contribution in [2.75, 3.05) is 18.0 Å². The van der Waals surface area contributed by atoms with Gasteiger partial charge in [-0.25, -0.2) is 0 Å². The van der Waals surface area contributed by atoms with E-state index in [9.17, 15) is 0 Å². The lowest BCUT2D eigenvalue weighted by molar-refractivity contribution is 0.188. The maximum Gasteiger partial charge on any atom is 0.0465 e. The average Bonchev–Trinajstić information content (AvgIpc) is 3.24. The number of hydrogen-bond donors (Lipinski definition) is 3. The van der Waals surface area contributed by atoms with Gasteiger partial charge in [-0.2, -0.15) is 0 Å². The Kier molecular flexibility index (Phi) is 5.21. The van der Waals surface area contributed by atoms with Crippen molar-refractivity contribution in [2.45, 2.75) is 69.1 Å². The third-order valence-corrected chi connectivity index (χ3v) is 7.73. The lowest BCUT2D eigenvalue weighted by atomic mass is 9.83. The zero-order valence-corrected chi connectivity index (χ0v) is 18.3. The number of H-pyrrole nitrogens is 1. The number of nitrogens with one attached hydrogen (secondary N) is 3. The first-order valence-corrected chi connectivity index (χ1v) is 12.3. The molecule has 0 aliphatic carbocycles. The van der Waals surface area contributed by atoms with Crippen LogP contribution in [0, 0.1) is 0 Å². The Hall–Kier alpha value is -2.30. The minimum Gasteiger partial charge on any atom is -0.371 e. The highest BCUT2D eigenvalue weighted by Gasteiger charge is 2.32. The zero-order chi connectivity index (χ0) is 20.6. The maximum absolute atomic E-state index is 4.04. The highest BCUT2D eigenvalue weighted by Crippen LogP contribution is 2.30. The van der Waals surface area contributed by atoms with Crippen molar-refractivity contribution in [3.05, 3.63) is 54.6 Å². The van der Waals surface area contributed by atoms with Gasteiger partial charge in [0.15, 0.2) is 0 Å². The van der Waals surface area contributed by atoms with Crippen molar-refractivity contribution < 1.29 is 0 Å². The van der Waals surface area contributed by atoms with Crippen LogP contribution in [0.2, 0.25) is 0 Å². The lowest BCUT2D eigenvalue weighted by Crippen LogP contribution is -2.56. The van der Waals surface area contributed by atoms with Gasteiger partial charge in [0.1, 0.15) is 0 Å². The van der Waals surface area contributed by atoms with Crippen molar-refractivity contribution >= 4 is 16.6 Å². The fraction of sp³-hybridized carbons (Fsp3) is 0.481. The first-order chi connectivity index (χ1) is 15.3. The Balaban J connectivity index is 1.09. The standard InChI is InChI=1S/C27H34N4/c1-2-10-26-20(5-1)16-27(30-26)19-6-3-9-25(15-19)31-13-11-21(12-14-31)28-24-17-22-7-4-8-23(18-24)29-22/h1-3,5-6,9-10,15-16,21-24,28-30H,4,7-8,11-14,17-18H2/t22-,23+,24?. The van der Waals surface area contributed by atoms with Crippen molar-refractivity contribution in [2.24, 2.45) is 0 Å². The Morgan fingerprint density at radius 3 is 2.42 bits per heavy atom. The molecule has 0 amide bonds. The largest absolute Gasteiger partial charge is 0.371 e. The fourth-order valence-electron chi connectivity index (χ4n) is 6.14. The van der Waals surface area contributed by atoms with Gasteiger partial charge in [-0.05, 0) is 68.4 Å². The molecule has 4 heteroatoms. The highest BCUT2D eigenvalue weighted by atomic mass is 15.2. The summed E-state index contributed by atoms with van der Waals surface area (Å²) in [6.45, 7) is 2.29. The van der Waals surface area contributed by atoms with E-state index in [0.29, 0.717) is 6.04 Å². The van der Waals surface area contributed by atoms with Gasteiger partial charge in [-0.3, -0.25) is 0 Å². The summed E-state index contributed by atoms with van der Waals surface area (Å²) >= 11 is 0. The molecular formula is C27H34N4. The summed E-state index contributed by atoms with van der Waals surface area (Å²) in [6.07, 6.45) is 9.31. The van der Waals surface area contributed by atoms with Gasteiger partial charge in [-0.15, -0.1) is 0 Å². The number of anilines is 1. The highest BCUT2D eigenvalue weighted by molar-refractivity contribution is 5.86. The zero-order valence-electron chi connectivity index (χ0n) is 18.3. The second-order valence-electron chi connectivity index (χ2n) is 9.91. The minimum atomic E-state index is 0.678. The molecule has 2 bridgehead atoms. The van der Waals surface area contributed by atoms with Crippen LogP contribution in [0.5, 0.6) is 0 Å². The number of rotatable bonds is 4. The van der Waals surface area contributed by atoms with Crippen LogP contribution in [0.3, 0.4) is 0 Å². The van der Waals surface area contributed by atoms with Gasteiger partial charge in [0.05, 0.1) is 0 Å². The predicted molar refractivity (Wildman–Crippen MR) is 130 cm³/mol. The Bertz CT molecular complexity index is 987. The molecular weight excluding hydrogens is 380 g/mol. The molecule has 3 aliphatic heterocycles. The predicted octanol–water partition coefficient (Wildman–Crippen LogP) is 5.07. The van der Waals surface area contributed by atoms with E-state index in [2.05, 4.69) is 75.1 Å². The smallest absolute Gasteiger partial charge is 0.0465 e. The maximum atomic E-state index is 4.04. The van der Waals surface area contributed by atoms with Crippen LogP contribution in [0.15, 0.2) is 54.6 Å². The molecule has 2 aromatic carbocycles. The monoisotopic (exact) mass is 414 g/mol. The van der Waals surface area contributed by atoms with Crippen LogP contribution < -0.4 is 15.5 Å². The Morgan fingerprint density at radius 1 is 0.806 bits per heavy atom. The number of hydrogen-bond acceptors (Lipinski definition) is 3. The molecule has 4 heterocycles. The van der Waals surface area contributed by atoms with E-state index in [1.165, 1.54) is 72.8 Å². The van der Waals surface area contributed by atoms with Crippen molar-refractivity contribution in [3.8, 4) is 11.3 Å². The molecule has 31 heavy (non-hydrogen) atoms. The second-order valence-corrected chi connectivity index (χ2v) is 9.91. The summed E-state index contributed by atoms with van der Waals surface area (Å²) in [4.78, 5) is 6.15. The second kappa shape index (κ2) is 8.33. The number of fused-ring (bicyclic) bond motifs is 3. The fourth-order valence-corrected chi connectivity index (χ4v) is 6.14. The van der Waals surface area contributed by atoms with Crippen LogP contribution in [-0.4, -0.2) is 42.2 Å². The molecule has 1 unspecified atom stereocenters. The first-order valence-electron chi connectivity index (χ1n) is 12.3. The Labute approximate surface area is 185 Å². The quantitative estimate of drug-likeness (QED) is 0.559. The number of benzene rings is 2. The van der Waals surface area contributed by atoms with Gasteiger partial charge in [0, 0.05) is 59.5 Å². The molecule has 3 saturated heterocycles. The third kappa shape index (κ3) is 4.11. The van der Waals surface area contributed by atoms with Crippen LogP contribution in [0.4, 0.5) is 5.69 Å². The van der Waals surface area contributed by atoms with E-state index < -0.39 is 0 Å². The van der Waals surface area contributed by atoms with Crippen LogP contribution in [0.1, 0.15) is 44.9 Å². The summed E-state index contributed by atoms with van der Waals surface area (Å²) in [5.74, 6) is 0. The molecule has 6 rings (SSSR count). The van der Waals surface area contributed by atoms with E-state index in [1.54, 1.807) is 0 Å². The van der Waals surface area contributed by atoms with Crippen molar-refractivity contribution in [1.29, 1.82) is 0 Å². The van der Waals surface area contributed by atoms with Crippen LogP contribution in [0.25, 0.3) is 22.2 Å². The summed E-state index contributed by atoms with van der Waals surface area (Å²) in [7, 11) is 0. The molecule has 0 spiro atoms. The van der Waals surface area contributed by atoms with E-state index in [4.69, 9.17) is 0 Å².